The molecule has 3 rings (SSSR count). The first kappa shape index (κ1) is 17.9. The van der Waals surface area contributed by atoms with E-state index < -0.39 is 5.41 Å². The number of piperidine rings is 1. The SMILES string of the molecule is CC(=O)NCC1CN(C(=O)C2(c3ccccc3)CCNCC2)CCO1. The van der Waals surface area contributed by atoms with E-state index in [1.165, 1.54) is 6.92 Å². The molecule has 0 aromatic heterocycles. The minimum absolute atomic E-state index is 0.0776. The number of carbonyl (C=O) groups is 2. The molecule has 0 radical (unpaired) electrons. The number of rotatable bonds is 4. The lowest BCUT2D eigenvalue weighted by Crippen LogP contribution is -2.57. The summed E-state index contributed by atoms with van der Waals surface area (Å²) in [6, 6.07) is 10.1. The molecule has 6 heteroatoms. The van der Waals surface area contributed by atoms with E-state index in [1.54, 1.807) is 0 Å². The van der Waals surface area contributed by atoms with Crippen LogP contribution in [0.1, 0.15) is 25.3 Å². The van der Waals surface area contributed by atoms with Crippen LogP contribution in [0.2, 0.25) is 0 Å². The summed E-state index contributed by atoms with van der Waals surface area (Å²) in [6.45, 7) is 5.28. The number of carbonyl (C=O) groups excluding carboxylic acids is 2. The highest BCUT2D eigenvalue weighted by Crippen LogP contribution is 2.36. The third kappa shape index (κ3) is 4.02. The molecule has 2 aliphatic heterocycles. The van der Waals surface area contributed by atoms with E-state index in [2.05, 4.69) is 22.8 Å². The summed E-state index contributed by atoms with van der Waals surface area (Å²) in [5, 5.41) is 6.15. The maximum atomic E-state index is 13.5. The van der Waals surface area contributed by atoms with Crippen molar-refractivity contribution in [3.8, 4) is 0 Å². The zero-order valence-electron chi connectivity index (χ0n) is 14.8. The van der Waals surface area contributed by atoms with Crippen molar-refractivity contribution in [2.75, 3.05) is 39.3 Å². The molecule has 1 aromatic carbocycles. The Balaban J connectivity index is 1.77. The van der Waals surface area contributed by atoms with Gasteiger partial charge in [0.2, 0.25) is 11.8 Å². The molecule has 2 saturated heterocycles. The molecular formula is C19H27N3O3. The van der Waals surface area contributed by atoms with Crippen molar-refractivity contribution < 1.29 is 14.3 Å². The molecule has 1 unspecified atom stereocenters. The van der Waals surface area contributed by atoms with Crippen LogP contribution in [0.5, 0.6) is 0 Å². The summed E-state index contributed by atoms with van der Waals surface area (Å²) < 4.78 is 5.71. The quantitative estimate of drug-likeness (QED) is 0.842. The minimum Gasteiger partial charge on any atom is -0.373 e. The molecule has 1 atom stereocenters. The van der Waals surface area contributed by atoms with Crippen LogP contribution in [0.4, 0.5) is 0 Å². The van der Waals surface area contributed by atoms with Crippen LogP contribution < -0.4 is 10.6 Å². The van der Waals surface area contributed by atoms with E-state index in [-0.39, 0.29) is 17.9 Å². The van der Waals surface area contributed by atoms with Gasteiger partial charge < -0.3 is 20.3 Å². The first-order chi connectivity index (χ1) is 12.1. The number of morpholine rings is 1. The normalized spacial score (nSPS) is 23.1. The van der Waals surface area contributed by atoms with Crippen LogP contribution >= 0.6 is 0 Å². The smallest absolute Gasteiger partial charge is 0.233 e. The number of nitrogens with zero attached hydrogens (tertiary/aromatic N) is 1. The van der Waals surface area contributed by atoms with Crippen LogP contribution in [0, 0.1) is 0 Å². The van der Waals surface area contributed by atoms with Gasteiger partial charge in [-0.3, -0.25) is 9.59 Å². The Labute approximate surface area is 148 Å². The van der Waals surface area contributed by atoms with Crippen molar-refractivity contribution in [1.29, 1.82) is 0 Å². The summed E-state index contributed by atoms with van der Waals surface area (Å²) in [6.07, 6.45) is 1.48. The highest BCUT2D eigenvalue weighted by Gasteiger charge is 2.44. The van der Waals surface area contributed by atoms with Gasteiger partial charge in [0, 0.05) is 26.6 Å². The molecule has 2 amide bonds. The van der Waals surface area contributed by atoms with E-state index in [4.69, 9.17) is 4.74 Å². The van der Waals surface area contributed by atoms with Gasteiger partial charge in [0.15, 0.2) is 0 Å². The highest BCUT2D eigenvalue weighted by atomic mass is 16.5. The molecule has 0 bridgehead atoms. The maximum Gasteiger partial charge on any atom is 0.233 e. The first-order valence-electron chi connectivity index (χ1n) is 9.03. The minimum atomic E-state index is -0.456. The number of amides is 2. The van der Waals surface area contributed by atoms with Crippen molar-refractivity contribution in [3.63, 3.8) is 0 Å². The Morgan fingerprint density at radius 2 is 2.00 bits per heavy atom. The molecule has 2 heterocycles. The Kier molecular flexibility index (Phi) is 5.71. The van der Waals surface area contributed by atoms with Gasteiger partial charge in [-0.1, -0.05) is 30.3 Å². The van der Waals surface area contributed by atoms with Gasteiger partial charge in [0.05, 0.1) is 18.1 Å². The van der Waals surface area contributed by atoms with E-state index >= 15 is 0 Å². The Morgan fingerprint density at radius 1 is 1.28 bits per heavy atom. The van der Waals surface area contributed by atoms with Crippen LogP contribution in [0.15, 0.2) is 30.3 Å². The Bertz CT molecular complexity index is 599. The lowest BCUT2D eigenvalue weighted by Gasteiger charge is -2.43. The largest absolute Gasteiger partial charge is 0.373 e. The maximum absolute atomic E-state index is 13.5. The van der Waals surface area contributed by atoms with Crippen LogP contribution in [-0.2, 0) is 19.7 Å². The molecule has 0 spiro atoms. The standard InChI is InChI=1S/C19H27N3O3/c1-15(23)21-13-17-14-22(11-12-25-17)18(24)19(7-9-20-10-8-19)16-5-3-2-4-6-16/h2-6,17,20H,7-14H2,1H3,(H,21,23). The van der Waals surface area contributed by atoms with Gasteiger partial charge in [0.25, 0.3) is 0 Å². The highest BCUT2D eigenvalue weighted by molar-refractivity contribution is 5.88. The predicted molar refractivity (Wildman–Crippen MR) is 95.2 cm³/mol. The lowest BCUT2D eigenvalue weighted by molar-refractivity contribution is -0.146. The van der Waals surface area contributed by atoms with Gasteiger partial charge in [-0.25, -0.2) is 0 Å². The molecule has 136 valence electrons. The molecule has 0 aliphatic carbocycles. The Hall–Kier alpha value is -1.92. The van der Waals surface area contributed by atoms with Gasteiger partial charge >= 0.3 is 0 Å². The number of ether oxygens (including phenoxy) is 1. The van der Waals surface area contributed by atoms with E-state index in [1.807, 2.05) is 23.1 Å². The Morgan fingerprint density at radius 3 is 2.68 bits per heavy atom. The average Bonchev–Trinajstić information content (AvgIpc) is 2.67. The molecule has 6 nitrogen and oxygen atoms in total. The van der Waals surface area contributed by atoms with E-state index in [0.29, 0.717) is 26.2 Å². The fourth-order valence-electron chi connectivity index (χ4n) is 3.82. The fraction of sp³-hybridized carbons (Fsp3) is 0.579. The van der Waals surface area contributed by atoms with Gasteiger partial charge in [-0.15, -0.1) is 0 Å². The zero-order chi connectivity index (χ0) is 17.7. The number of hydrogen-bond donors (Lipinski definition) is 2. The third-order valence-electron chi connectivity index (χ3n) is 5.20. The second kappa shape index (κ2) is 7.97. The van der Waals surface area contributed by atoms with Crippen molar-refractivity contribution in [3.05, 3.63) is 35.9 Å². The number of benzene rings is 1. The molecule has 0 saturated carbocycles. The number of hydrogen-bond acceptors (Lipinski definition) is 4. The monoisotopic (exact) mass is 345 g/mol. The fourth-order valence-corrected chi connectivity index (χ4v) is 3.82. The summed E-state index contributed by atoms with van der Waals surface area (Å²) in [7, 11) is 0. The topological polar surface area (TPSA) is 70.7 Å². The summed E-state index contributed by atoms with van der Waals surface area (Å²) in [5.41, 5.74) is 0.647. The predicted octanol–water partition coefficient (Wildman–Crippen LogP) is 0.671. The second-order valence-corrected chi connectivity index (χ2v) is 6.88. The lowest BCUT2D eigenvalue weighted by atomic mass is 9.72. The van der Waals surface area contributed by atoms with Crippen LogP contribution in [0.3, 0.4) is 0 Å². The van der Waals surface area contributed by atoms with E-state index in [0.717, 1.165) is 31.5 Å². The zero-order valence-corrected chi connectivity index (χ0v) is 14.8. The van der Waals surface area contributed by atoms with Crippen molar-refractivity contribution >= 4 is 11.8 Å². The summed E-state index contributed by atoms with van der Waals surface area (Å²) in [4.78, 5) is 26.6. The van der Waals surface area contributed by atoms with Crippen LogP contribution in [-0.4, -0.2) is 62.1 Å². The summed E-state index contributed by atoms with van der Waals surface area (Å²) in [5.74, 6) is 0.113. The van der Waals surface area contributed by atoms with E-state index in [9.17, 15) is 9.59 Å². The van der Waals surface area contributed by atoms with Crippen molar-refractivity contribution in [2.24, 2.45) is 0 Å². The van der Waals surface area contributed by atoms with Gasteiger partial charge in [-0.05, 0) is 31.5 Å². The van der Waals surface area contributed by atoms with Crippen molar-refractivity contribution in [2.45, 2.75) is 31.3 Å². The summed E-state index contributed by atoms with van der Waals surface area (Å²) >= 11 is 0. The molecule has 25 heavy (non-hydrogen) atoms. The van der Waals surface area contributed by atoms with Gasteiger partial charge in [0.1, 0.15) is 0 Å². The molecular weight excluding hydrogens is 318 g/mol. The average molecular weight is 345 g/mol. The molecule has 1 aromatic rings. The molecule has 2 fully saturated rings. The molecule has 2 N–H and O–H groups in total. The van der Waals surface area contributed by atoms with Crippen LogP contribution in [0.25, 0.3) is 0 Å². The van der Waals surface area contributed by atoms with Gasteiger partial charge in [-0.2, -0.15) is 0 Å². The number of nitrogens with one attached hydrogen (secondary N) is 2. The third-order valence-corrected chi connectivity index (χ3v) is 5.20. The second-order valence-electron chi connectivity index (χ2n) is 6.88. The molecule has 2 aliphatic rings. The van der Waals surface area contributed by atoms with Crippen molar-refractivity contribution in [1.82, 2.24) is 15.5 Å². The first-order valence-corrected chi connectivity index (χ1v) is 9.03.